The van der Waals surface area contributed by atoms with E-state index in [-0.39, 0.29) is 24.0 Å². The molecule has 1 aromatic carbocycles. The molecule has 1 aliphatic carbocycles. The fraction of sp³-hybridized carbons (Fsp3) is 0.467. The molecule has 0 radical (unpaired) electrons. The number of carbonyl (C=O) groups excluding carboxylic acids is 2. The molecule has 4 heteroatoms. The van der Waals surface area contributed by atoms with Gasteiger partial charge in [0.25, 0.3) is 0 Å². The molecular formula is C15H18O4. The lowest BCUT2D eigenvalue weighted by atomic mass is 10.1. The molecular weight excluding hydrogens is 244 g/mol. The minimum absolute atomic E-state index is 0.258. The van der Waals surface area contributed by atoms with Crippen LogP contribution in [0.2, 0.25) is 0 Å². The van der Waals surface area contributed by atoms with Crippen molar-refractivity contribution < 1.29 is 19.1 Å². The standard InChI is InChI=1S/C15H18O4/c1-2-18-15(17)12-9-6-10-13(12)19-14(16)11-7-4-3-5-8-11/h3-5,7-8,12-13H,2,6,9-10H2,1H3. The van der Waals surface area contributed by atoms with Crippen LogP contribution < -0.4 is 0 Å². The van der Waals surface area contributed by atoms with Gasteiger partial charge in [0.15, 0.2) is 0 Å². The highest BCUT2D eigenvalue weighted by atomic mass is 16.6. The van der Waals surface area contributed by atoms with Gasteiger partial charge in [-0.3, -0.25) is 4.79 Å². The Morgan fingerprint density at radius 2 is 1.95 bits per heavy atom. The molecule has 0 amide bonds. The summed E-state index contributed by atoms with van der Waals surface area (Å²) in [6.07, 6.45) is 1.98. The normalized spacial score (nSPS) is 21.9. The van der Waals surface area contributed by atoms with Crippen LogP contribution in [0.5, 0.6) is 0 Å². The average Bonchev–Trinajstić information content (AvgIpc) is 2.88. The lowest BCUT2D eigenvalue weighted by Crippen LogP contribution is -2.29. The van der Waals surface area contributed by atoms with Crippen molar-refractivity contribution in [2.24, 2.45) is 5.92 Å². The van der Waals surface area contributed by atoms with E-state index in [0.717, 1.165) is 19.3 Å². The van der Waals surface area contributed by atoms with E-state index in [1.165, 1.54) is 0 Å². The minimum Gasteiger partial charge on any atom is -0.466 e. The average molecular weight is 262 g/mol. The summed E-state index contributed by atoms with van der Waals surface area (Å²) in [7, 11) is 0. The Bertz CT molecular complexity index is 441. The lowest BCUT2D eigenvalue weighted by Gasteiger charge is -2.18. The van der Waals surface area contributed by atoms with Gasteiger partial charge in [0, 0.05) is 0 Å². The van der Waals surface area contributed by atoms with Gasteiger partial charge < -0.3 is 9.47 Å². The van der Waals surface area contributed by atoms with Crippen molar-refractivity contribution in [3.63, 3.8) is 0 Å². The third-order valence-corrected chi connectivity index (χ3v) is 3.31. The molecule has 0 N–H and O–H groups in total. The SMILES string of the molecule is CCOC(=O)C1CCCC1OC(=O)c1ccccc1. The Hall–Kier alpha value is -1.84. The number of hydrogen-bond donors (Lipinski definition) is 0. The minimum atomic E-state index is -0.373. The molecule has 1 aliphatic rings. The highest BCUT2D eigenvalue weighted by molar-refractivity contribution is 5.89. The third-order valence-electron chi connectivity index (χ3n) is 3.31. The second-order valence-corrected chi connectivity index (χ2v) is 4.60. The summed E-state index contributed by atoms with van der Waals surface area (Å²) in [5, 5.41) is 0. The zero-order valence-corrected chi connectivity index (χ0v) is 11.0. The molecule has 0 saturated heterocycles. The molecule has 2 rings (SSSR count). The topological polar surface area (TPSA) is 52.6 Å². The van der Waals surface area contributed by atoms with E-state index in [9.17, 15) is 9.59 Å². The summed E-state index contributed by atoms with van der Waals surface area (Å²) in [6, 6.07) is 8.82. The van der Waals surface area contributed by atoms with Crippen molar-refractivity contribution >= 4 is 11.9 Å². The first-order valence-corrected chi connectivity index (χ1v) is 6.65. The number of carbonyl (C=O) groups is 2. The smallest absolute Gasteiger partial charge is 0.338 e. The van der Waals surface area contributed by atoms with Gasteiger partial charge in [-0.15, -0.1) is 0 Å². The summed E-state index contributed by atoms with van der Waals surface area (Å²) < 4.78 is 10.5. The summed E-state index contributed by atoms with van der Waals surface area (Å²) in [5.74, 6) is -0.944. The van der Waals surface area contributed by atoms with Crippen LogP contribution in [0.25, 0.3) is 0 Å². The fourth-order valence-electron chi connectivity index (χ4n) is 2.37. The van der Waals surface area contributed by atoms with Gasteiger partial charge in [0.1, 0.15) is 6.10 Å². The van der Waals surface area contributed by atoms with Gasteiger partial charge in [0.05, 0.1) is 18.1 Å². The maximum Gasteiger partial charge on any atom is 0.338 e. The number of hydrogen-bond acceptors (Lipinski definition) is 4. The maximum atomic E-state index is 12.0. The lowest BCUT2D eigenvalue weighted by molar-refractivity contribution is -0.150. The highest BCUT2D eigenvalue weighted by Crippen LogP contribution is 2.30. The number of benzene rings is 1. The predicted octanol–water partition coefficient (Wildman–Crippen LogP) is 2.58. The van der Waals surface area contributed by atoms with Crippen molar-refractivity contribution in [2.45, 2.75) is 32.3 Å². The van der Waals surface area contributed by atoms with Crippen molar-refractivity contribution in [1.29, 1.82) is 0 Å². The largest absolute Gasteiger partial charge is 0.466 e. The first-order valence-electron chi connectivity index (χ1n) is 6.65. The zero-order chi connectivity index (χ0) is 13.7. The van der Waals surface area contributed by atoms with Crippen LogP contribution in [0.1, 0.15) is 36.5 Å². The van der Waals surface area contributed by atoms with E-state index in [1.807, 2.05) is 6.07 Å². The summed E-state index contributed by atoms with van der Waals surface area (Å²) in [4.78, 5) is 23.7. The second-order valence-electron chi connectivity index (χ2n) is 4.60. The van der Waals surface area contributed by atoms with Gasteiger partial charge in [-0.2, -0.15) is 0 Å². The summed E-state index contributed by atoms with van der Waals surface area (Å²) >= 11 is 0. The molecule has 19 heavy (non-hydrogen) atoms. The number of ether oxygens (including phenoxy) is 2. The fourth-order valence-corrected chi connectivity index (χ4v) is 2.37. The number of esters is 2. The first-order chi connectivity index (χ1) is 9.22. The molecule has 0 spiro atoms. The first kappa shape index (κ1) is 13.6. The van der Waals surface area contributed by atoms with Gasteiger partial charge >= 0.3 is 11.9 Å². The van der Waals surface area contributed by atoms with Crippen LogP contribution >= 0.6 is 0 Å². The molecule has 0 aliphatic heterocycles. The van der Waals surface area contributed by atoms with Crippen LogP contribution in [0, 0.1) is 5.92 Å². The summed E-state index contributed by atoms with van der Waals surface area (Å²) in [6.45, 7) is 2.13. The van der Waals surface area contributed by atoms with Crippen LogP contribution in [0.15, 0.2) is 30.3 Å². The second kappa shape index (κ2) is 6.36. The molecule has 1 saturated carbocycles. The van der Waals surface area contributed by atoms with Crippen LogP contribution in [-0.4, -0.2) is 24.6 Å². The van der Waals surface area contributed by atoms with Crippen molar-refractivity contribution in [2.75, 3.05) is 6.61 Å². The molecule has 1 aromatic rings. The van der Waals surface area contributed by atoms with E-state index in [2.05, 4.69) is 0 Å². The van der Waals surface area contributed by atoms with E-state index >= 15 is 0 Å². The van der Waals surface area contributed by atoms with E-state index in [1.54, 1.807) is 31.2 Å². The van der Waals surface area contributed by atoms with Crippen LogP contribution in [0.3, 0.4) is 0 Å². The van der Waals surface area contributed by atoms with Gasteiger partial charge in [-0.05, 0) is 38.3 Å². The van der Waals surface area contributed by atoms with E-state index in [4.69, 9.17) is 9.47 Å². The highest BCUT2D eigenvalue weighted by Gasteiger charge is 2.36. The monoisotopic (exact) mass is 262 g/mol. The molecule has 102 valence electrons. The van der Waals surface area contributed by atoms with Crippen LogP contribution in [-0.2, 0) is 14.3 Å². The van der Waals surface area contributed by atoms with Crippen molar-refractivity contribution in [3.8, 4) is 0 Å². The molecule has 2 atom stereocenters. The molecule has 0 heterocycles. The van der Waals surface area contributed by atoms with Crippen molar-refractivity contribution in [1.82, 2.24) is 0 Å². The Morgan fingerprint density at radius 1 is 1.21 bits per heavy atom. The Labute approximate surface area is 112 Å². The molecule has 1 fully saturated rings. The Morgan fingerprint density at radius 3 is 2.63 bits per heavy atom. The Balaban J connectivity index is 1.98. The van der Waals surface area contributed by atoms with E-state index in [0.29, 0.717) is 12.2 Å². The van der Waals surface area contributed by atoms with Gasteiger partial charge in [-0.1, -0.05) is 18.2 Å². The van der Waals surface area contributed by atoms with Gasteiger partial charge in [0.2, 0.25) is 0 Å². The Kier molecular flexibility index (Phi) is 4.55. The zero-order valence-electron chi connectivity index (χ0n) is 11.0. The molecule has 2 unspecified atom stereocenters. The molecule has 4 nitrogen and oxygen atoms in total. The predicted molar refractivity (Wildman–Crippen MR) is 69.6 cm³/mol. The quantitative estimate of drug-likeness (QED) is 0.783. The summed E-state index contributed by atoms with van der Waals surface area (Å²) in [5.41, 5.74) is 0.511. The van der Waals surface area contributed by atoms with Crippen LogP contribution in [0.4, 0.5) is 0 Å². The third kappa shape index (κ3) is 3.34. The van der Waals surface area contributed by atoms with E-state index < -0.39 is 0 Å². The molecule has 0 bridgehead atoms. The maximum absolute atomic E-state index is 12.0. The van der Waals surface area contributed by atoms with Gasteiger partial charge in [-0.25, -0.2) is 4.79 Å². The molecule has 0 aromatic heterocycles. The van der Waals surface area contributed by atoms with Crippen molar-refractivity contribution in [3.05, 3.63) is 35.9 Å². The number of rotatable bonds is 4.